The van der Waals surface area contributed by atoms with Crippen LogP contribution in [0.1, 0.15) is 16.7 Å². The number of carboxylic acids is 1. The zero-order valence-corrected chi connectivity index (χ0v) is 22.3. The van der Waals surface area contributed by atoms with E-state index in [-0.39, 0.29) is 24.1 Å². The lowest BCUT2D eigenvalue weighted by atomic mass is 10.1. The number of aliphatic carboxylic acids is 1. The number of carbonyl (C=O) groups is 3. The van der Waals surface area contributed by atoms with Gasteiger partial charge < -0.3 is 9.84 Å². The average Bonchev–Trinajstić information content (AvgIpc) is 3.12. The van der Waals surface area contributed by atoms with Crippen LogP contribution in [-0.4, -0.2) is 48.9 Å². The number of hydrogen-bond donors (Lipinski definition) is 1. The number of pyridine rings is 2. The normalized spacial score (nSPS) is 14.9. The van der Waals surface area contributed by atoms with E-state index < -0.39 is 17.8 Å². The molecule has 182 valence electrons. The Bertz CT molecular complexity index is 1170. The summed E-state index contributed by atoms with van der Waals surface area (Å²) in [4.78, 5) is 44.8. The number of nitrogens with zero attached hydrogens (tertiary/aromatic N) is 3. The molecular formula is C24H21Br2N3O5S. The van der Waals surface area contributed by atoms with Gasteiger partial charge in [-0.2, -0.15) is 0 Å². The molecule has 3 heterocycles. The van der Waals surface area contributed by atoms with E-state index in [0.717, 1.165) is 27.1 Å². The molecular weight excluding hydrogens is 602 g/mol. The second kappa shape index (κ2) is 13.4. The summed E-state index contributed by atoms with van der Waals surface area (Å²) in [6, 6.07) is 12.6. The summed E-state index contributed by atoms with van der Waals surface area (Å²) in [5, 5.41) is 8.84. The predicted molar refractivity (Wildman–Crippen MR) is 139 cm³/mol. The molecule has 0 bridgehead atoms. The number of aromatic nitrogens is 2. The molecule has 8 nitrogen and oxygen atoms in total. The highest BCUT2D eigenvalue weighted by atomic mass is 79.9. The van der Waals surface area contributed by atoms with Crippen LogP contribution in [0, 0.1) is 0 Å². The summed E-state index contributed by atoms with van der Waals surface area (Å²) in [5.74, 6) is -0.978. The Labute approximate surface area is 223 Å². The average molecular weight is 623 g/mol. The van der Waals surface area contributed by atoms with Gasteiger partial charge in [0.05, 0.1) is 11.8 Å². The molecule has 3 aromatic rings. The van der Waals surface area contributed by atoms with E-state index in [0.29, 0.717) is 11.3 Å². The molecule has 1 aromatic carbocycles. The Morgan fingerprint density at radius 2 is 1.66 bits per heavy atom. The topological polar surface area (TPSA) is 110 Å². The largest absolute Gasteiger partial charge is 0.482 e. The van der Waals surface area contributed by atoms with E-state index in [1.165, 1.54) is 10.5 Å². The maximum Gasteiger partial charge on any atom is 0.341 e. The lowest BCUT2D eigenvalue weighted by molar-refractivity contribution is -0.139. The third-order valence-electron chi connectivity index (χ3n) is 4.78. The van der Waals surface area contributed by atoms with Gasteiger partial charge in [-0.3, -0.25) is 24.5 Å². The smallest absolute Gasteiger partial charge is 0.341 e. The summed E-state index contributed by atoms with van der Waals surface area (Å²) in [5.41, 5.74) is 2.75. The van der Waals surface area contributed by atoms with E-state index in [2.05, 4.69) is 41.8 Å². The standard InChI is InChI=1S/C18H15BrN2O5S.C6H6BrN/c19-13-1-2-14(26-10-16(22)23)12(7-13)8-15-17(24)21(18(25)27-15)9-11-3-5-20-6-4-11;7-5-6-1-3-8-4-2-6/h1-7,15H,8-10H2,(H,22,23);1-4H,5H2. The van der Waals surface area contributed by atoms with Crippen LogP contribution < -0.4 is 4.74 Å². The first-order valence-corrected chi connectivity index (χ1v) is 13.2. The second-order valence-corrected chi connectivity index (χ2v) is 9.91. The first-order valence-electron chi connectivity index (χ1n) is 10.4. The van der Waals surface area contributed by atoms with Gasteiger partial charge in [0.1, 0.15) is 5.75 Å². The van der Waals surface area contributed by atoms with Crippen LogP contribution in [0.4, 0.5) is 4.79 Å². The van der Waals surface area contributed by atoms with Crippen LogP contribution in [-0.2, 0) is 27.9 Å². The lowest BCUT2D eigenvalue weighted by Crippen LogP contribution is -2.31. The Morgan fingerprint density at radius 3 is 2.23 bits per heavy atom. The van der Waals surface area contributed by atoms with Crippen molar-refractivity contribution >= 4 is 60.7 Å². The number of carbonyl (C=O) groups excluding carboxylic acids is 2. The Kier molecular flexibility index (Phi) is 10.2. The fraction of sp³-hybridized carbons (Fsp3) is 0.208. The van der Waals surface area contributed by atoms with Gasteiger partial charge in [0.2, 0.25) is 5.91 Å². The Balaban J connectivity index is 0.000000363. The van der Waals surface area contributed by atoms with Crippen LogP contribution in [0.15, 0.2) is 71.7 Å². The van der Waals surface area contributed by atoms with Crippen LogP contribution in [0.25, 0.3) is 0 Å². The first-order chi connectivity index (χ1) is 16.9. The molecule has 1 atom stereocenters. The molecule has 35 heavy (non-hydrogen) atoms. The third-order valence-corrected chi connectivity index (χ3v) is 6.99. The summed E-state index contributed by atoms with van der Waals surface area (Å²) in [6.07, 6.45) is 7.06. The van der Waals surface area contributed by atoms with E-state index >= 15 is 0 Å². The van der Waals surface area contributed by atoms with Gasteiger partial charge in [0.15, 0.2) is 6.61 Å². The number of carboxylic acid groups (broad SMARTS) is 1. The number of ether oxygens (including phenoxy) is 1. The van der Waals surface area contributed by atoms with Crippen LogP contribution in [0.5, 0.6) is 5.75 Å². The van der Waals surface area contributed by atoms with Gasteiger partial charge in [-0.1, -0.05) is 43.6 Å². The second-order valence-electron chi connectivity index (χ2n) is 7.28. The van der Waals surface area contributed by atoms with Gasteiger partial charge in [0.25, 0.3) is 5.24 Å². The number of amides is 2. The molecule has 0 saturated carbocycles. The van der Waals surface area contributed by atoms with Crippen molar-refractivity contribution in [2.75, 3.05) is 6.61 Å². The molecule has 1 N–H and O–H groups in total. The lowest BCUT2D eigenvalue weighted by Gasteiger charge is -2.15. The van der Waals surface area contributed by atoms with Crippen molar-refractivity contribution < 1.29 is 24.2 Å². The molecule has 0 spiro atoms. The van der Waals surface area contributed by atoms with Crippen LogP contribution >= 0.6 is 43.6 Å². The molecule has 1 fully saturated rings. The van der Waals surface area contributed by atoms with E-state index in [4.69, 9.17) is 9.84 Å². The SMILES string of the molecule is BrCc1ccncc1.O=C(O)COc1ccc(Br)cc1CC1SC(=O)N(Cc2ccncc2)C1=O. The number of alkyl halides is 1. The maximum absolute atomic E-state index is 12.7. The fourth-order valence-electron chi connectivity index (χ4n) is 3.10. The van der Waals surface area contributed by atoms with Crippen LogP contribution in [0.3, 0.4) is 0 Å². The Morgan fingerprint density at radius 1 is 1.03 bits per heavy atom. The summed E-state index contributed by atoms with van der Waals surface area (Å²) in [7, 11) is 0. The molecule has 0 aliphatic carbocycles. The van der Waals surface area contributed by atoms with Gasteiger partial charge in [-0.05, 0) is 65.6 Å². The minimum atomic E-state index is -1.09. The van der Waals surface area contributed by atoms with Crippen molar-refractivity contribution in [2.24, 2.45) is 0 Å². The van der Waals surface area contributed by atoms with Crippen molar-refractivity contribution in [3.05, 3.63) is 88.4 Å². The quantitative estimate of drug-likeness (QED) is 0.346. The summed E-state index contributed by atoms with van der Waals surface area (Å²) >= 11 is 7.66. The highest BCUT2D eigenvalue weighted by Gasteiger charge is 2.39. The number of benzene rings is 1. The Hall–Kier alpha value is -2.76. The van der Waals surface area contributed by atoms with E-state index in [1.807, 2.05) is 12.1 Å². The minimum absolute atomic E-state index is 0.199. The van der Waals surface area contributed by atoms with Gasteiger partial charge in [-0.15, -0.1) is 0 Å². The number of rotatable bonds is 8. The zero-order valence-electron chi connectivity index (χ0n) is 18.3. The summed E-state index contributed by atoms with van der Waals surface area (Å²) < 4.78 is 6.08. The number of imide groups is 1. The molecule has 4 rings (SSSR count). The van der Waals surface area contributed by atoms with E-state index in [9.17, 15) is 14.4 Å². The van der Waals surface area contributed by atoms with Crippen molar-refractivity contribution in [1.29, 1.82) is 0 Å². The molecule has 1 aliphatic heterocycles. The zero-order chi connectivity index (χ0) is 25.2. The molecule has 1 unspecified atom stereocenters. The van der Waals surface area contributed by atoms with Crippen molar-refractivity contribution in [2.45, 2.75) is 23.5 Å². The predicted octanol–water partition coefficient (Wildman–Crippen LogP) is 5.09. The monoisotopic (exact) mass is 621 g/mol. The number of halogens is 2. The highest BCUT2D eigenvalue weighted by Crippen LogP contribution is 2.34. The molecule has 2 aromatic heterocycles. The molecule has 0 radical (unpaired) electrons. The molecule has 1 saturated heterocycles. The minimum Gasteiger partial charge on any atom is -0.482 e. The van der Waals surface area contributed by atoms with Crippen molar-refractivity contribution in [1.82, 2.24) is 14.9 Å². The molecule has 11 heteroatoms. The molecule has 1 aliphatic rings. The van der Waals surface area contributed by atoms with Gasteiger partial charge in [0, 0.05) is 34.6 Å². The van der Waals surface area contributed by atoms with E-state index in [1.54, 1.807) is 55.1 Å². The van der Waals surface area contributed by atoms with Crippen molar-refractivity contribution in [3.63, 3.8) is 0 Å². The first kappa shape index (κ1) is 26.8. The number of hydrogen-bond acceptors (Lipinski definition) is 7. The highest BCUT2D eigenvalue weighted by molar-refractivity contribution is 9.10. The van der Waals surface area contributed by atoms with Crippen LogP contribution in [0.2, 0.25) is 0 Å². The summed E-state index contributed by atoms with van der Waals surface area (Å²) in [6.45, 7) is -0.280. The maximum atomic E-state index is 12.7. The van der Waals surface area contributed by atoms with Gasteiger partial charge in [-0.25, -0.2) is 4.79 Å². The third kappa shape index (κ3) is 8.15. The van der Waals surface area contributed by atoms with Crippen molar-refractivity contribution in [3.8, 4) is 5.75 Å². The number of thioether (sulfide) groups is 1. The fourth-order valence-corrected chi connectivity index (χ4v) is 4.90. The van der Waals surface area contributed by atoms with Gasteiger partial charge >= 0.3 is 5.97 Å². The molecule has 2 amide bonds.